The van der Waals surface area contributed by atoms with Crippen LogP contribution in [-0.2, 0) is 11.3 Å². The standard InChI is InChI=1S/C16H23IO2/c1-13-7-9-16(12-17,10-8-13)19-11-14-3-5-15(18-2)6-4-14/h3-6,13H,7-12H2,1-2H3. The molecule has 0 spiro atoms. The predicted octanol–water partition coefficient (Wildman–Crippen LogP) is 4.60. The first kappa shape index (κ1) is 15.1. The molecule has 0 saturated heterocycles. The van der Waals surface area contributed by atoms with E-state index in [1.807, 2.05) is 12.1 Å². The number of hydrogen-bond donors (Lipinski definition) is 0. The van der Waals surface area contributed by atoms with Crippen LogP contribution in [-0.4, -0.2) is 17.1 Å². The molecule has 1 aliphatic carbocycles. The Bertz CT molecular complexity index is 380. The van der Waals surface area contributed by atoms with Gasteiger partial charge in [0, 0.05) is 4.43 Å². The highest BCUT2D eigenvalue weighted by Gasteiger charge is 2.34. The summed E-state index contributed by atoms with van der Waals surface area (Å²) in [4.78, 5) is 0. The second-order valence-electron chi connectivity index (χ2n) is 5.64. The first-order valence-corrected chi connectivity index (χ1v) is 8.53. The van der Waals surface area contributed by atoms with Gasteiger partial charge in [-0.2, -0.15) is 0 Å². The van der Waals surface area contributed by atoms with E-state index in [9.17, 15) is 0 Å². The molecule has 2 nitrogen and oxygen atoms in total. The number of rotatable bonds is 5. The van der Waals surface area contributed by atoms with Crippen molar-refractivity contribution in [3.63, 3.8) is 0 Å². The van der Waals surface area contributed by atoms with Crippen LogP contribution in [0.2, 0.25) is 0 Å². The molecule has 3 heteroatoms. The molecule has 106 valence electrons. The van der Waals surface area contributed by atoms with Crippen molar-refractivity contribution in [2.24, 2.45) is 5.92 Å². The number of benzene rings is 1. The van der Waals surface area contributed by atoms with Crippen LogP contribution in [0.3, 0.4) is 0 Å². The minimum absolute atomic E-state index is 0.104. The molecule has 1 aliphatic rings. The Labute approximate surface area is 130 Å². The summed E-state index contributed by atoms with van der Waals surface area (Å²) in [5, 5.41) is 0. The van der Waals surface area contributed by atoms with Gasteiger partial charge in [-0.1, -0.05) is 41.6 Å². The zero-order valence-corrected chi connectivity index (χ0v) is 14.0. The molecule has 0 N–H and O–H groups in total. The van der Waals surface area contributed by atoms with E-state index in [2.05, 4.69) is 41.6 Å². The maximum atomic E-state index is 6.28. The van der Waals surface area contributed by atoms with Gasteiger partial charge in [0.15, 0.2) is 0 Å². The largest absolute Gasteiger partial charge is 0.497 e. The SMILES string of the molecule is COc1ccc(COC2(CI)CCC(C)CC2)cc1. The van der Waals surface area contributed by atoms with Crippen molar-refractivity contribution in [2.75, 3.05) is 11.5 Å². The summed E-state index contributed by atoms with van der Waals surface area (Å²) in [6.07, 6.45) is 5.00. The Morgan fingerprint density at radius 2 is 1.84 bits per heavy atom. The van der Waals surface area contributed by atoms with Crippen molar-refractivity contribution in [1.82, 2.24) is 0 Å². The van der Waals surface area contributed by atoms with E-state index in [1.54, 1.807) is 7.11 Å². The lowest BCUT2D eigenvalue weighted by molar-refractivity contribution is -0.0675. The van der Waals surface area contributed by atoms with Gasteiger partial charge in [-0.05, 0) is 49.3 Å². The lowest BCUT2D eigenvalue weighted by Crippen LogP contribution is -2.38. The van der Waals surface area contributed by atoms with Gasteiger partial charge < -0.3 is 9.47 Å². The first-order chi connectivity index (χ1) is 9.17. The average molecular weight is 374 g/mol. The molecule has 0 aliphatic heterocycles. The maximum Gasteiger partial charge on any atom is 0.118 e. The third-order valence-electron chi connectivity index (χ3n) is 4.13. The van der Waals surface area contributed by atoms with Gasteiger partial charge in [-0.15, -0.1) is 0 Å². The van der Waals surface area contributed by atoms with E-state index in [0.29, 0.717) is 6.61 Å². The predicted molar refractivity (Wildman–Crippen MR) is 87.0 cm³/mol. The van der Waals surface area contributed by atoms with Crippen LogP contribution in [0, 0.1) is 5.92 Å². The Hall–Kier alpha value is -0.290. The normalized spacial score (nSPS) is 27.2. The fourth-order valence-electron chi connectivity index (χ4n) is 2.56. The molecule has 0 radical (unpaired) electrons. The van der Waals surface area contributed by atoms with Crippen LogP contribution in [0.15, 0.2) is 24.3 Å². The van der Waals surface area contributed by atoms with Crippen molar-refractivity contribution in [3.8, 4) is 5.75 Å². The minimum Gasteiger partial charge on any atom is -0.497 e. The van der Waals surface area contributed by atoms with Crippen LogP contribution in [0.4, 0.5) is 0 Å². The fraction of sp³-hybridized carbons (Fsp3) is 0.625. The lowest BCUT2D eigenvalue weighted by Gasteiger charge is -2.38. The molecule has 0 atom stereocenters. The van der Waals surface area contributed by atoms with Crippen LogP contribution in [0.5, 0.6) is 5.75 Å². The monoisotopic (exact) mass is 374 g/mol. The van der Waals surface area contributed by atoms with Crippen LogP contribution in [0.1, 0.15) is 38.2 Å². The molecule has 0 amide bonds. The molecule has 2 rings (SSSR count). The highest BCUT2D eigenvalue weighted by molar-refractivity contribution is 14.1. The topological polar surface area (TPSA) is 18.5 Å². The molecule has 1 aromatic carbocycles. The van der Waals surface area contributed by atoms with Gasteiger partial charge in [0.25, 0.3) is 0 Å². The summed E-state index contributed by atoms with van der Waals surface area (Å²) in [6, 6.07) is 8.17. The first-order valence-electron chi connectivity index (χ1n) is 7.00. The smallest absolute Gasteiger partial charge is 0.118 e. The molecular formula is C16H23IO2. The molecule has 19 heavy (non-hydrogen) atoms. The average Bonchev–Trinajstić information content (AvgIpc) is 2.48. The Morgan fingerprint density at radius 3 is 2.37 bits per heavy atom. The summed E-state index contributed by atoms with van der Waals surface area (Å²) in [6.45, 7) is 3.06. The zero-order valence-electron chi connectivity index (χ0n) is 11.8. The van der Waals surface area contributed by atoms with Crippen molar-refractivity contribution < 1.29 is 9.47 Å². The van der Waals surface area contributed by atoms with Gasteiger partial charge in [0.05, 0.1) is 19.3 Å². The van der Waals surface area contributed by atoms with Gasteiger partial charge >= 0.3 is 0 Å². The molecule has 0 unspecified atom stereocenters. The van der Waals surface area contributed by atoms with Gasteiger partial charge in [0.1, 0.15) is 5.75 Å². The fourth-order valence-corrected chi connectivity index (χ4v) is 3.55. The van der Waals surface area contributed by atoms with Crippen molar-refractivity contribution in [2.45, 2.75) is 44.8 Å². The summed E-state index contributed by atoms with van der Waals surface area (Å²) in [7, 11) is 1.69. The van der Waals surface area contributed by atoms with Crippen LogP contribution in [0.25, 0.3) is 0 Å². The van der Waals surface area contributed by atoms with Crippen molar-refractivity contribution >= 4 is 22.6 Å². The lowest BCUT2D eigenvalue weighted by atomic mass is 9.80. The second-order valence-corrected chi connectivity index (χ2v) is 6.40. The molecule has 0 bridgehead atoms. The van der Waals surface area contributed by atoms with E-state index >= 15 is 0 Å². The number of hydrogen-bond acceptors (Lipinski definition) is 2. The number of halogens is 1. The van der Waals surface area contributed by atoms with Crippen LogP contribution < -0.4 is 4.74 Å². The van der Waals surface area contributed by atoms with E-state index in [4.69, 9.17) is 9.47 Å². The second kappa shape index (κ2) is 6.93. The van der Waals surface area contributed by atoms with Crippen molar-refractivity contribution in [1.29, 1.82) is 0 Å². The van der Waals surface area contributed by atoms with E-state index < -0.39 is 0 Å². The Kier molecular flexibility index (Phi) is 5.51. The summed E-state index contributed by atoms with van der Waals surface area (Å²) < 4.78 is 12.5. The summed E-state index contributed by atoms with van der Waals surface area (Å²) in [5.41, 5.74) is 1.33. The van der Waals surface area contributed by atoms with Crippen LogP contribution >= 0.6 is 22.6 Å². The molecule has 0 aromatic heterocycles. The number of methoxy groups -OCH3 is 1. The Morgan fingerprint density at radius 1 is 1.21 bits per heavy atom. The van der Waals surface area contributed by atoms with Crippen molar-refractivity contribution in [3.05, 3.63) is 29.8 Å². The van der Waals surface area contributed by atoms with Gasteiger partial charge in [-0.25, -0.2) is 0 Å². The third kappa shape index (κ3) is 4.09. The molecule has 1 aromatic rings. The van der Waals surface area contributed by atoms with E-state index in [0.717, 1.165) is 16.1 Å². The quantitative estimate of drug-likeness (QED) is 0.554. The maximum absolute atomic E-state index is 6.28. The number of ether oxygens (including phenoxy) is 2. The number of alkyl halides is 1. The zero-order chi connectivity index (χ0) is 13.7. The van der Waals surface area contributed by atoms with Gasteiger partial charge in [-0.3, -0.25) is 0 Å². The molecule has 1 fully saturated rings. The molecule has 1 saturated carbocycles. The summed E-state index contributed by atoms with van der Waals surface area (Å²) >= 11 is 2.48. The minimum atomic E-state index is 0.104. The van der Waals surface area contributed by atoms with E-state index in [-0.39, 0.29) is 5.60 Å². The summed E-state index contributed by atoms with van der Waals surface area (Å²) in [5.74, 6) is 1.76. The Balaban J connectivity index is 1.91. The third-order valence-corrected chi connectivity index (χ3v) is 5.52. The molecule has 0 heterocycles. The van der Waals surface area contributed by atoms with E-state index in [1.165, 1.54) is 31.2 Å². The van der Waals surface area contributed by atoms with Gasteiger partial charge in [0.2, 0.25) is 0 Å². The molecular weight excluding hydrogens is 351 g/mol. The highest BCUT2D eigenvalue weighted by atomic mass is 127. The highest BCUT2D eigenvalue weighted by Crippen LogP contribution is 2.36.